The molecule has 1 saturated heterocycles. The summed E-state index contributed by atoms with van der Waals surface area (Å²) in [6.07, 6.45) is 6.32. The molecule has 2 aromatic rings. The van der Waals surface area contributed by atoms with Gasteiger partial charge in [0, 0.05) is 30.9 Å². The van der Waals surface area contributed by atoms with Crippen LogP contribution in [0.2, 0.25) is 0 Å². The van der Waals surface area contributed by atoms with Crippen molar-refractivity contribution in [2.45, 2.75) is 64.6 Å². The van der Waals surface area contributed by atoms with Gasteiger partial charge in [-0.3, -0.25) is 9.58 Å². The molecule has 4 heteroatoms. The third kappa shape index (κ3) is 4.27. The first-order chi connectivity index (χ1) is 13.1. The van der Waals surface area contributed by atoms with E-state index in [1.807, 2.05) is 0 Å². The molecule has 1 fully saturated rings. The van der Waals surface area contributed by atoms with Crippen LogP contribution < -0.4 is 0 Å². The van der Waals surface area contributed by atoms with E-state index >= 15 is 0 Å². The maximum atomic E-state index is 4.59. The Bertz CT molecular complexity index is 740. The standard InChI is InChI=1S/C23H34N4/c1-18-14-19(2)27(24-18)13-7-11-25(3)22-10-6-12-26(17-22)23-15-20-8-4-5-9-21(20)16-23/h4-5,8-9,14,22-23H,6-7,10-13,15-17H2,1-3H3. The van der Waals surface area contributed by atoms with Crippen LogP contribution in [0.15, 0.2) is 30.3 Å². The molecule has 146 valence electrons. The molecule has 0 N–H and O–H groups in total. The molecular formula is C23H34N4. The van der Waals surface area contributed by atoms with Gasteiger partial charge in [-0.15, -0.1) is 0 Å². The van der Waals surface area contributed by atoms with Crippen LogP contribution in [0.5, 0.6) is 0 Å². The highest BCUT2D eigenvalue weighted by molar-refractivity contribution is 5.33. The molecule has 1 aromatic heterocycles. The maximum absolute atomic E-state index is 4.59. The topological polar surface area (TPSA) is 24.3 Å². The van der Waals surface area contributed by atoms with Crippen LogP contribution in [0, 0.1) is 13.8 Å². The Balaban J connectivity index is 1.27. The lowest BCUT2D eigenvalue weighted by Gasteiger charge is -2.40. The molecule has 0 radical (unpaired) electrons. The minimum atomic E-state index is 0.697. The number of hydrogen-bond donors (Lipinski definition) is 0. The zero-order valence-electron chi connectivity index (χ0n) is 17.2. The van der Waals surface area contributed by atoms with Gasteiger partial charge in [-0.05, 0) is 83.3 Å². The number of piperidine rings is 1. The van der Waals surface area contributed by atoms with E-state index in [0.29, 0.717) is 12.1 Å². The lowest BCUT2D eigenvalue weighted by molar-refractivity contribution is 0.0857. The highest BCUT2D eigenvalue weighted by atomic mass is 15.3. The molecule has 0 bridgehead atoms. The van der Waals surface area contributed by atoms with Gasteiger partial charge in [0.05, 0.1) is 5.69 Å². The molecule has 4 rings (SSSR count). The molecule has 4 nitrogen and oxygen atoms in total. The molecular weight excluding hydrogens is 332 g/mol. The molecule has 1 aromatic carbocycles. The molecule has 1 unspecified atom stereocenters. The lowest BCUT2D eigenvalue weighted by atomic mass is 10.0. The summed E-state index contributed by atoms with van der Waals surface area (Å²) in [5, 5.41) is 4.59. The van der Waals surface area contributed by atoms with E-state index in [2.05, 4.69) is 70.8 Å². The third-order valence-corrected chi connectivity index (χ3v) is 6.58. The lowest BCUT2D eigenvalue weighted by Crippen LogP contribution is -2.50. The normalized spacial score (nSPS) is 21.1. The smallest absolute Gasteiger partial charge is 0.0596 e. The first-order valence-corrected chi connectivity index (χ1v) is 10.6. The number of hydrogen-bond acceptors (Lipinski definition) is 3. The minimum absolute atomic E-state index is 0.697. The molecule has 0 saturated carbocycles. The second-order valence-electron chi connectivity index (χ2n) is 8.61. The van der Waals surface area contributed by atoms with Crippen LogP contribution in [-0.4, -0.2) is 58.3 Å². The summed E-state index contributed by atoms with van der Waals surface area (Å²) in [7, 11) is 2.32. The fraction of sp³-hybridized carbons (Fsp3) is 0.609. The SMILES string of the molecule is Cc1cc(C)n(CCCN(C)C2CCCN(C3Cc4ccccc4C3)C2)n1. The van der Waals surface area contributed by atoms with Gasteiger partial charge in [0.25, 0.3) is 0 Å². The van der Waals surface area contributed by atoms with Crippen molar-refractivity contribution >= 4 is 0 Å². The highest BCUT2D eigenvalue weighted by Gasteiger charge is 2.31. The fourth-order valence-corrected chi connectivity index (χ4v) is 5.02. The Morgan fingerprint density at radius 2 is 1.89 bits per heavy atom. The molecule has 2 heterocycles. The molecule has 1 aliphatic heterocycles. The average Bonchev–Trinajstić information content (AvgIpc) is 3.24. The van der Waals surface area contributed by atoms with E-state index in [-0.39, 0.29) is 0 Å². The summed E-state index contributed by atoms with van der Waals surface area (Å²) < 4.78 is 2.16. The molecule has 0 amide bonds. The van der Waals surface area contributed by atoms with Crippen molar-refractivity contribution < 1.29 is 0 Å². The Hall–Kier alpha value is -1.65. The number of rotatable bonds is 6. The summed E-state index contributed by atoms with van der Waals surface area (Å²) in [6, 6.07) is 12.6. The molecule has 27 heavy (non-hydrogen) atoms. The predicted molar refractivity (Wildman–Crippen MR) is 111 cm³/mol. The number of nitrogens with zero attached hydrogens (tertiary/aromatic N) is 4. The Morgan fingerprint density at radius 1 is 1.15 bits per heavy atom. The van der Waals surface area contributed by atoms with Crippen LogP contribution in [0.1, 0.15) is 41.8 Å². The van der Waals surface area contributed by atoms with Gasteiger partial charge in [0.2, 0.25) is 0 Å². The Kier molecular flexibility index (Phi) is 5.65. The molecule has 1 aliphatic carbocycles. The van der Waals surface area contributed by atoms with Crippen molar-refractivity contribution in [3.05, 3.63) is 52.8 Å². The second kappa shape index (κ2) is 8.15. The summed E-state index contributed by atoms with van der Waals surface area (Å²) >= 11 is 0. The highest BCUT2D eigenvalue weighted by Crippen LogP contribution is 2.28. The van der Waals surface area contributed by atoms with Gasteiger partial charge >= 0.3 is 0 Å². The number of likely N-dealkylation sites (tertiary alicyclic amines) is 1. The number of fused-ring (bicyclic) bond motifs is 1. The van der Waals surface area contributed by atoms with E-state index in [0.717, 1.165) is 18.8 Å². The van der Waals surface area contributed by atoms with E-state index in [1.54, 1.807) is 11.1 Å². The van der Waals surface area contributed by atoms with Crippen LogP contribution in [-0.2, 0) is 19.4 Å². The van der Waals surface area contributed by atoms with Gasteiger partial charge in [0.1, 0.15) is 0 Å². The average molecular weight is 367 g/mol. The summed E-state index contributed by atoms with van der Waals surface area (Å²) in [5.41, 5.74) is 5.55. The maximum Gasteiger partial charge on any atom is 0.0596 e. The van der Waals surface area contributed by atoms with Gasteiger partial charge in [-0.1, -0.05) is 24.3 Å². The summed E-state index contributed by atoms with van der Waals surface area (Å²) in [4.78, 5) is 5.37. The van der Waals surface area contributed by atoms with Crippen LogP contribution >= 0.6 is 0 Å². The van der Waals surface area contributed by atoms with E-state index in [4.69, 9.17) is 0 Å². The quantitative estimate of drug-likeness (QED) is 0.783. The number of benzene rings is 1. The first kappa shape index (κ1) is 18.7. The van der Waals surface area contributed by atoms with Crippen molar-refractivity contribution in [3.63, 3.8) is 0 Å². The molecule has 2 aliphatic rings. The Morgan fingerprint density at radius 3 is 2.56 bits per heavy atom. The van der Waals surface area contributed by atoms with Crippen molar-refractivity contribution in [1.82, 2.24) is 19.6 Å². The monoisotopic (exact) mass is 366 g/mol. The number of aryl methyl sites for hydroxylation is 3. The third-order valence-electron chi connectivity index (χ3n) is 6.58. The van der Waals surface area contributed by atoms with Crippen molar-refractivity contribution in [3.8, 4) is 0 Å². The first-order valence-electron chi connectivity index (χ1n) is 10.6. The van der Waals surface area contributed by atoms with Gasteiger partial charge in [-0.25, -0.2) is 0 Å². The van der Waals surface area contributed by atoms with Gasteiger partial charge in [-0.2, -0.15) is 5.10 Å². The minimum Gasteiger partial charge on any atom is -0.302 e. The van der Waals surface area contributed by atoms with Crippen molar-refractivity contribution in [2.24, 2.45) is 0 Å². The largest absolute Gasteiger partial charge is 0.302 e. The number of likely N-dealkylation sites (N-methyl/N-ethyl adjacent to an activating group) is 1. The van der Waals surface area contributed by atoms with Crippen LogP contribution in [0.25, 0.3) is 0 Å². The number of aromatic nitrogens is 2. The summed E-state index contributed by atoms with van der Waals surface area (Å²) in [5.74, 6) is 0. The van der Waals surface area contributed by atoms with E-state index < -0.39 is 0 Å². The summed E-state index contributed by atoms with van der Waals surface area (Å²) in [6.45, 7) is 8.92. The zero-order valence-corrected chi connectivity index (χ0v) is 17.2. The van der Waals surface area contributed by atoms with Crippen LogP contribution in [0.3, 0.4) is 0 Å². The molecule has 1 atom stereocenters. The van der Waals surface area contributed by atoms with Crippen molar-refractivity contribution in [1.29, 1.82) is 0 Å². The van der Waals surface area contributed by atoms with E-state index in [9.17, 15) is 0 Å². The van der Waals surface area contributed by atoms with Crippen LogP contribution in [0.4, 0.5) is 0 Å². The molecule has 0 spiro atoms. The fourth-order valence-electron chi connectivity index (χ4n) is 5.02. The Labute approximate surface area is 164 Å². The predicted octanol–water partition coefficient (Wildman–Crippen LogP) is 3.45. The zero-order chi connectivity index (χ0) is 18.8. The van der Waals surface area contributed by atoms with E-state index in [1.165, 1.54) is 50.9 Å². The van der Waals surface area contributed by atoms with Gasteiger partial charge < -0.3 is 4.90 Å². The second-order valence-corrected chi connectivity index (χ2v) is 8.61. The van der Waals surface area contributed by atoms with Gasteiger partial charge in [0.15, 0.2) is 0 Å². The van der Waals surface area contributed by atoms with Crippen molar-refractivity contribution in [2.75, 3.05) is 26.7 Å².